The van der Waals surface area contributed by atoms with E-state index in [9.17, 15) is 9.59 Å². The number of rotatable bonds is 4. The number of ketones is 1. The summed E-state index contributed by atoms with van der Waals surface area (Å²) in [7, 11) is 2.95. The number of carbonyl (C=O) groups excluding carboxylic acids is 1. The van der Waals surface area contributed by atoms with Gasteiger partial charge in [0.15, 0.2) is 0 Å². The highest BCUT2D eigenvalue weighted by atomic mass is 16.5. The summed E-state index contributed by atoms with van der Waals surface area (Å²) in [4.78, 5) is 25.7. The number of H-pyrrole nitrogens is 1. The minimum atomic E-state index is -1.51. The van der Waals surface area contributed by atoms with Gasteiger partial charge in [0.05, 0.1) is 30.7 Å². The van der Waals surface area contributed by atoms with Crippen LogP contribution in [0.1, 0.15) is 16.1 Å². The summed E-state index contributed by atoms with van der Waals surface area (Å²) < 4.78 is 10.4. The van der Waals surface area contributed by atoms with E-state index in [2.05, 4.69) is 4.98 Å². The van der Waals surface area contributed by atoms with E-state index in [-0.39, 0.29) is 5.56 Å². The van der Waals surface area contributed by atoms with Crippen molar-refractivity contribution in [2.45, 2.75) is 6.92 Å². The molecule has 0 saturated carbocycles. The summed E-state index contributed by atoms with van der Waals surface area (Å²) >= 11 is 0. The van der Waals surface area contributed by atoms with Gasteiger partial charge in [-0.2, -0.15) is 0 Å². The molecule has 2 N–H and O–H groups in total. The van der Waals surface area contributed by atoms with Gasteiger partial charge in [0.1, 0.15) is 11.5 Å². The maximum atomic E-state index is 11.8. The van der Waals surface area contributed by atoms with Gasteiger partial charge in [0.25, 0.3) is 5.78 Å². The zero-order valence-corrected chi connectivity index (χ0v) is 10.7. The van der Waals surface area contributed by atoms with Crippen molar-refractivity contribution in [1.82, 2.24) is 4.98 Å². The summed E-state index contributed by atoms with van der Waals surface area (Å²) in [5.41, 5.74) is 1.10. The lowest BCUT2D eigenvalue weighted by Crippen LogP contribution is -2.13. The molecule has 6 heteroatoms. The number of nitrogens with one attached hydrogen (secondary N) is 1. The second-order valence-corrected chi connectivity index (χ2v) is 3.98. The lowest BCUT2D eigenvalue weighted by Gasteiger charge is -2.06. The monoisotopic (exact) mass is 263 g/mol. The Kier molecular flexibility index (Phi) is 3.16. The van der Waals surface area contributed by atoms with Gasteiger partial charge in [-0.1, -0.05) is 0 Å². The number of carboxylic acid groups (broad SMARTS) is 1. The van der Waals surface area contributed by atoms with Crippen molar-refractivity contribution in [3.8, 4) is 11.5 Å². The number of aliphatic carboxylic acids is 1. The van der Waals surface area contributed by atoms with Crippen molar-refractivity contribution in [1.29, 1.82) is 0 Å². The zero-order valence-electron chi connectivity index (χ0n) is 10.7. The number of methoxy groups -OCH3 is 2. The SMILES string of the molecule is COc1ccc(OC)c2c(C(=O)C(=O)O)c(C)[nH]c12. The van der Waals surface area contributed by atoms with Crippen molar-refractivity contribution in [3.63, 3.8) is 0 Å². The Morgan fingerprint density at radius 1 is 1.16 bits per heavy atom. The van der Waals surface area contributed by atoms with E-state index >= 15 is 0 Å². The number of carbonyl (C=O) groups is 2. The molecule has 0 saturated heterocycles. The number of hydrogen-bond donors (Lipinski definition) is 2. The maximum Gasteiger partial charge on any atom is 0.377 e. The lowest BCUT2D eigenvalue weighted by atomic mass is 10.1. The Morgan fingerprint density at radius 3 is 2.26 bits per heavy atom. The van der Waals surface area contributed by atoms with Crippen LogP contribution in [0.3, 0.4) is 0 Å². The average Bonchev–Trinajstić information content (AvgIpc) is 2.73. The molecule has 0 aliphatic rings. The Hall–Kier alpha value is -2.50. The Labute approximate surface area is 108 Å². The Morgan fingerprint density at radius 2 is 1.74 bits per heavy atom. The normalized spacial score (nSPS) is 10.5. The highest BCUT2D eigenvalue weighted by Gasteiger charge is 2.25. The molecule has 0 atom stereocenters. The van der Waals surface area contributed by atoms with Crippen LogP contribution in [0.5, 0.6) is 11.5 Å². The van der Waals surface area contributed by atoms with Crippen LogP contribution in [0.15, 0.2) is 12.1 Å². The highest BCUT2D eigenvalue weighted by molar-refractivity contribution is 6.43. The second kappa shape index (κ2) is 4.64. The van der Waals surface area contributed by atoms with E-state index in [0.717, 1.165) is 0 Å². The number of hydrogen-bond acceptors (Lipinski definition) is 4. The molecule has 6 nitrogen and oxygen atoms in total. The molecule has 0 fully saturated rings. The van der Waals surface area contributed by atoms with Crippen LogP contribution in [0.2, 0.25) is 0 Å². The quantitative estimate of drug-likeness (QED) is 0.648. The maximum absolute atomic E-state index is 11.8. The predicted molar refractivity (Wildman–Crippen MR) is 68.1 cm³/mol. The van der Waals surface area contributed by atoms with Crippen molar-refractivity contribution < 1.29 is 24.2 Å². The summed E-state index contributed by atoms with van der Waals surface area (Å²) in [6, 6.07) is 3.32. The molecule has 1 aromatic heterocycles. The minimum absolute atomic E-state index is 0.0956. The fourth-order valence-electron chi connectivity index (χ4n) is 2.11. The molecule has 2 rings (SSSR count). The van der Waals surface area contributed by atoms with Gasteiger partial charge in [-0.05, 0) is 19.1 Å². The molecule has 1 heterocycles. The number of aromatic amines is 1. The molecule has 0 bridgehead atoms. The standard InChI is InChI=1S/C13H13NO5/c1-6-9(12(15)13(16)17)10-7(18-2)4-5-8(19-3)11(10)14-6/h4-5,14H,1-3H3,(H,16,17). The number of ether oxygens (including phenoxy) is 2. The molecule has 0 amide bonds. The smallest absolute Gasteiger partial charge is 0.377 e. The molecule has 0 unspecified atom stereocenters. The van der Waals surface area contributed by atoms with E-state index in [0.29, 0.717) is 28.1 Å². The molecule has 0 aliphatic carbocycles. The topological polar surface area (TPSA) is 88.6 Å². The minimum Gasteiger partial charge on any atom is -0.496 e. The molecule has 2 aromatic rings. The van der Waals surface area contributed by atoms with Gasteiger partial charge >= 0.3 is 5.97 Å². The first kappa shape index (κ1) is 12.9. The van der Waals surface area contributed by atoms with Gasteiger partial charge in [-0.3, -0.25) is 4.79 Å². The van der Waals surface area contributed by atoms with Crippen LogP contribution in [0.25, 0.3) is 10.9 Å². The van der Waals surface area contributed by atoms with Crippen molar-refractivity contribution >= 4 is 22.7 Å². The third kappa shape index (κ3) is 1.91. The van der Waals surface area contributed by atoms with E-state index < -0.39 is 11.8 Å². The zero-order chi connectivity index (χ0) is 14.2. The summed E-state index contributed by atoms with van der Waals surface area (Å²) in [5, 5.41) is 9.32. The second-order valence-electron chi connectivity index (χ2n) is 3.98. The number of Topliss-reactive ketones (excluding diaryl/α,β-unsaturated/α-hetero) is 1. The summed E-state index contributed by atoms with van der Waals surface area (Å²) in [6.45, 7) is 1.63. The van der Waals surface area contributed by atoms with E-state index in [1.54, 1.807) is 19.1 Å². The number of aryl methyl sites for hydroxylation is 1. The van der Waals surface area contributed by atoms with Gasteiger partial charge in [-0.15, -0.1) is 0 Å². The number of aromatic nitrogens is 1. The molecule has 1 aromatic carbocycles. The van der Waals surface area contributed by atoms with Crippen LogP contribution in [-0.2, 0) is 4.79 Å². The van der Waals surface area contributed by atoms with Gasteiger partial charge < -0.3 is 19.6 Å². The van der Waals surface area contributed by atoms with Gasteiger partial charge in [0, 0.05) is 5.69 Å². The fourth-order valence-corrected chi connectivity index (χ4v) is 2.11. The molecular weight excluding hydrogens is 250 g/mol. The molecule has 0 radical (unpaired) electrons. The molecule has 19 heavy (non-hydrogen) atoms. The van der Waals surface area contributed by atoms with Crippen LogP contribution in [0.4, 0.5) is 0 Å². The van der Waals surface area contributed by atoms with Crippen LogP contribution < -0.4 is 9.47 Å². The first-order valence-electron chi connectivity index (χ1n) is 5.52. The summed E-state index contributed by atoms with van der Waals surface area (Å²) in [6.07, 6.45) is 0. The van der Waals surface area contributed by atoms with Gasteiger partial charge in [-0.25, -0.2) is 4.79 Å². The van der Waals surface area contributed by atoms with Crippen LogP contribution in [-0.4, -0.2) is 36.1 Å². The first-order chi connectivity index (χ1) is 9.01. The number of benzene rings is 1. The highest BCUT2D eigenvalue weighted by Crippen LogP contribution is 2.36. The number of carboxylic acids is 1. The first-order valence-corrected chi connectivity index (χ1v) is 5.52. The van der Waals surface area contributed by atoms with Crippen LogP contribution >= 0.6 is 0 Å². The average molecular weight is 263 g/mol. The van der Waals surface area contributed by atoms with E-state index in [1.165, 1.54) is 14.2 Å². The van der Waals surface area contributed by atoms with E-state index in [1.807, 2.05) is 0 Å². The predicted octanol–water partition coefficient (Wildman–Crippen LogP) is 1.76. The molecule has 0 spiro atoms. The van der Waals surface area contributed by atoms with E-state index in [4.69, 9.17) is 14.6 Å². The van der Waals surface area contributed by atoms with Crippen LogP contribution in [0, 0.1) is 6.92 Å². The number of fused-ring (bicyclic) bond motifs is 1. The Bertz CT molecular complexity index is 671. The van der Waals surface area contributed by atoms with Crippen molar-refractivity contribution in [2.75, 3.05) is 14.2 Å². The Balaban J connectivity index is 2.87. The fraction of sp³-hybridized carbons (Fsp3) is 0.231. The van der Waals surface area contributed by atoms with Crippen molar-refractivity contribution in [2.24, 2.45) is 0 Å². The van der Waals surface area contributed by atoms with Crippen molar-refractivity contribution in [3.05, 3.63) is 23.4 Å². The third-order valence-corrected chi connectivity index (χ3v) is 2.93. The van der Waals surface area contributed by atoms with Gasteiger partial charge in [0.2, 0.25) is 0 Å². The summed E-state index contributed by atoms with van der Waals surface area (Å²) in [5.74, 6) is -1.54. The molecule has 0 aliphatic heterocycles. The lowest BCUT2D eigenvalue weighted by molar-refractivity contribution is -0.131. The molecular formula is C13H13NO5. The molecule has 100 valence electrons. The third-order valence-electron chi connectivity index (χ3n) is 2.93. The largest absolute Gasteiger partial charge is 0.496 e.